The third-order valence-electron chi connectivity index (χ3n) is 7.48. The molecule has 0 radical (unpaired) electrons. The lowest BCUT2D eigenvalue weighted by Crippen LogP contribution is -2.46. The lowest BCUT2D eigenvalue weighted by Gasteiger charge is -2.40. The molecule has 6 nitrogen and oxygen atoms in total. The second kappa shape index (κ2) is 12.9. The summed E-state index contributed by atoms with van der Waals surface area (Å²) in [6, 6.07) is 0. The van der Waals surface area contributed by atoms with E-state index in [2.05, 4.69) is 27.0 Å². The van der Waals surface area contributed by atoms with Crippen LogP contribution in [0.5, 0.6) is 0 Å². The maximum atomic E-state index is 12.5. The zero-order valence-corrected chi connectivity index (χ0v) is 22.2. The predicted molar refractivity (Wildman–Crippen MR) is 140 cm³/mol. The first-order chi connectivity index (χ1) is 17.0. The van der Waals surface area contributed by atoms with Crippen molar-refractivity contribution in [2.45, 2.75) is 102 Å². The van der Waals surface area contributed by atoms with Gasteiger partial charge < -0.3 is 14.6 Å². The summed E-state index contributed by atoms with van der Waals surface area (Å²) < 4.78 is 18.0. The molecular weight excluding hydrogens is 461 g/mol. The van der Waals surface area contributed by atoms with Gasteiger partial charge in [-0.3, -0.25) is 4.39 Å². The van der Waals surface area contributed by atoms with Crippen molar-refractivity contribution in [1.29, 1.82) is 0 Å². The summed E-state index contributed by atoms with van der Waals surface area (Å²) in [5.74, 6) is 1.25. The second-order valence-electron chi connectivity index (χ2n) is 10.4. The molecule has 0 spiro atoms. The first kappa shape index (κ1) is 26.3. The Hall–Kier alpha value is -1.80. The molecule has 1 fully saturated rings. The van der Waals surface area contributed by atoms with Crippen LogP contribution < -0.4 is 5.32 Å². The molecule has 1 aliphatic heterocycles. The summed E-state index contributed by atoms with van der Waals surface area (Å²) in [5, 5.41) is 13.0. The minimum absolute atomic E-state index is 0.173. The predicted octanol–water partition coefficient (Wildman–Crippen LogP) is 5.75. The number of halogens is 1. The first-order valence-corrected chi connectivity index (χ1v) is 14.4. The molecule has 4 rings (SSSR count). The van der Waals surface area contributed by atoms with Crippen LogP contribution in [0.25, 0.3) is 0 Å². The summed E-state index contributed by atoms with van der Waals surface area (Å²) >= 11 is 1.81. The highest BCUT2D eigenvalue weighted by atomic mass is 32.1. The smallest absolute Gasteiger partial charge is 0.222 e. The fourth-order valence-corrected chi connectivity index (χ4v) is 6.81. The molecule has 3 heterocycles. The van der Waals surface area contributed by atoms with Crippen molar-refractivity contribution in [2.24, 2.45) is 0 Å². The molecule has 0 aromatic carbocycles. The molecule has 8 heteroatoms. The van der Waals surface area contributed by atoms with Gasteiger partial charge in [0.25, 0.3) is 0 Å². The van der Waals surface area contributed by atoms with Crippen molar-refractivity contribution in [1.82, 2.24) is 25.4 Å². The SMILES string of the molecule is C=C(Cc1nnc(C)o1)NC1(CCCCCN2CCc3nc(CCCF)sc3CC2)CCCCC1. The van der Waals surface area contributed by atoms with Gasteiger partial charge >= 0.3 is 0 Å². The van der Waals surface area contributed by atoms with Crippen LogP contribution in [0.3, 0.4) is 0 Å². The number of alkyl halides is 1. The van der Waals surface area contributed by atoms with Crippen molar-refractivity contribution >= 4 is 11.3 Å². The van der Waals surface area contributed by atoms with E-state index in [9.17, 15) is 4.39 Å². The van der Waals surface area contributed by atoms with Gasteiger partial charge in [0.05, 0.1) is 23.8 Å². The van der Waals surface area contributed by atoms with Gasteiger partial charge in [0.2, 0.25) is 11.8 Å². The average Bonchev–Trinajstić information content (AvgIpc) is 3.39. The summed E-state index contributed by atoms with van der Waals surface area (Å²) in [6.07, 6.45) is 15.5. The van der Waals surface area contributed by atoms with E-state index < -0.39 is 0 Å². The minimum atomic E-state index is -0.246. The number of nitrogens with zero attached hydrogens (tertiary/aromatic N) is 4. The van der Waals surface area contributed by atoms with Crippen LogP contribution in [0.15, 0.2) is 16.7 Å². The van der Waals surface area contributed by atoms with E-state index in [4.69, 9.17) is 9.40 Å². The standard InChI is InChI=1S/C27H42FN5OS/c1-21(20-25-32-31-22(2)34-25)30-27(13-5-3-6-14-27)15-7-4-8-17-33-18-11-23-24(12-19-33)35-26(29-23)10-9-16-28/h30H,1,3-20H2,2H3. The molecule has 1 N–H and O–H groups in total. The highest BCUT2D eigenvalue weighted by molar-refractivity contribution is 7.11. The molecule has 0 unspecified atom stereocenters. The summed E-state index contributed by atoms with van der Waals surface area (Å²) in [6.45, 7) is 9.25. The maximum Gasteiger partial charge on any atom is 0.222 e. The fourth-order valence-electron chi connectivity index (χ4n) is 5.66. The molecule has 0 amide bonds. The lowest BCUT2D eigenvalue weighted by molar-refractivity contribution is 0.221. The van der Waals surface area contributed by atoms with Crippen LogP contribution in [-0.4, -0.2) is 51.9 Å². The zero-order chi connectivity index (χ0) is 24.5. The summed E-state index contributed by atoms with van der Waals surface area (Å²) in [5.41, 5.74) is 2.44. The topological polar surface area (TPSA) is 67.1 Å². The molecule has 2 aromatic heterocycles. The fraction of sp³-hybridized carbons (Fsp3) is 0.741. The first-order valence-electron chi connectivity index (χ1n) is 13.6. The largest absolute Gasteiger partial charge is 0.425 e. The van der Waals surface area contributed by atoms with Crippen LogP contribution in [-0.2, 0) is 25.7 Å². The number of thiazole rings is 1. The number of unbranched alkanes of at least 4 members (excludes halogenated alkanes) is 2. The molecule has 0 atom stereocenters. The molecule has 0 saturated heterocycles. The highest BCUT2D eigenvalue weighted by Gasteiger charge is 2.31. The van der Waals surface area contributed by atoms with Gasteiger partial charge in [-0.1, -0.05) is 38.7 Å². The van der Waals surface area contributed by atoms with Gasteiger partial charge in [0, 0.05) is 49.0 Å². The normalized spacial score (nSPS) is 18.2. The van der Waals surface area contributed by atoms with E-state index in [1.807, 2.05) is 18.3 Å². The Balaban J connectivity index is 1.17. The maximum absolute atomic E-state index is 12.5. The Bertz CT molecular complexity index is 910. The van der Waals surface area contributed by atoms with Crippen molar-refractivity contribution < 1.29 is 8.81 Å². The van der Waals surface area contributed by atoms with E-state index in [1.165, 1.54) is 74.9 Å². The number of hydrogen-bond donors (Lipinski definition) is 1. The minimum Gasteiger partial charge on any atom is -0.425 e. The lowest BCUT2D eigenvalue weighted by atomic mass is 9.77. The van der Waals surface area contributed by atoms with E-state index in [-0.39, 0.29) is 12.2 Å². The molecule has 2 aromatic rings. The molecule has 2 aliphatic rings. The third-order valence-corrected chi connectivity index (χ3v) is 8.70. The van der Waals surface area contributed by atoms with Crippen molar-refractivity contribution in [3.8, 4) is 0 Å². The highest BCUT2D eigenvalue weighted by Crippen LogP contribution is 2.34. The van der Waals surface area contributed by atoms with E-state index in [1.54, 1.807) is 0 Å². The van der Waals surface area contributed by atoms with E-state index in [0.29, 0.717) is 24.6 Å². The molecular formula is C27H42FN5OS. The van der Waals surface area contributed by atoms with Crippen molar-refractivity contribution in [2.75, 3.05) is 26.3 Å². The number of hydrogen-bond acceptors (Lipinski definition) is 7. The molecule has 1 aliphatic carbocycles. The van der Waals surface area contributed by atoms with Crippen LogP contribution in [0.4, 0.5) is 4.39 Å². The summed E-state index contributed by atoms with van der Waals surface area (Å²) in [4.78, 5) is 8.84. The Labute approximate surface area is 213 Å². The van der Waals surface area contributed by atoms with Crippen LogP contribution in [0.1, 0.15) is 91.6 Å². The monoisotopic (exact) mass is 503 g/mol. The van der Waals surface area contributed by atoms with Gasteiger partial charge in [-0.25, -0.2) is 4.98 Å². The Morgan fingerprint density at radius 1 is 1.11 bits per heavy atom. The Morgan fingerprint density at radius 3 is 2.71 bits per heavy atom. The quantitative estimate of drug-likeness (QED) is 0.351. The second-order valence-corrected chi connectivity index (χ2v) is 11.6. The van der Waals surface area contributed by atoms with Crippen molar-refractivity contribution in [3.05, 3.63) is 39.6 Å². The molecule has 0 bridgehead atoms. The molecule has 194 valence electrons. The third kappa shape index (κ3) is 7.84. The van der Waals surface area contributed by atoms with Crippen LogP contribution >= 0.6 is 11.3 Å². The van der Waals surface area contributed by atoms with Gasteiger partial charge in [0.15, 0.2) is 0 Å². The number of fused-ring (bicyclic) bond motifs is 1. The van der Waals surface area contributed by atoms with Crippen molar-refractivity contribution in [3.63, 3.8) is 0 Å². The molecule has 35 heavy (non-hydrogen) atoms. The number of aryl methyl sites for hydroxylation is 2. The van der Waals surface area contributed by atoms with Gasteiger partial charge in [-0.15, -0.1) is 21.5 Å². The Morgan fingerprint density at radius 2 is 1.94 bits per heavy atom. The zero-order valence-electron chi connectivity index (χ0n) is 21.4. The summed E-state index contributed by atoms with van der Waals surface area (Å²) in [7, 11) is 0. The van der Waals surface area contributed by atoms with E-state index >= 15 is 0 Å². The number of aromatic nitrogens is 3. The average molecular weight is 504 g/mol. The van der Waals surface area contributed by atoms with Crippen LogP contribution in [0, 0.1) is 6.92 Å². The van der Waals surface area contributed by atoms with Gasteiger partial charge in [-0.05, 0) is 45.1 Å². The Kier molecular flexibility index (Phi) is 9.72. The van der Waals surface area contributed by atoms with E-state index in [0.717, 1.165) is 43.1 Å². The number of rotatable bonds is 13. The number of nitrogens with one attached hydrogen (secondary N) is 1. The molecule has 1 saturated carbocycles. The number of allylic oxidation sites excluding steroid dienone is 1. The van der Waals surface area contributed by atoms with Crippen LogP contribution in [0.2, 0.25) is 0 Å². The van der Waals surface area contributed by atoms with Gasteiger partial charge in [-0.2, -0.15) is 0 Å². The van der Waals surface area contributed by atoms with Gasteiger partial charge in [0.1, 0.15) is 0 Å².